The molecule has 4 rings (SSSR count). The highest BCUT2D eigenvalue weighted by molar-refractivity contribution is 5.97. The van der Waals surface area contributed by atoms with Gasteiger partial charge >= 0.3 is 5.97 Å². The third-order valence-corrected chi connectivity index (χ3v) is 21.5. The molecule has 760 valence electrons. The van der Waals surface area contributed by atoms with Crippen molar-refractivity contribution in [3.8, 4) is 0 Å². The molecule has 0 radical (unpaired) electrons. The predicted molar refractivity (Wildman–Crippen MR) is 447 cm³/mol. The molecule has 4 fully saturated rings. The van der Waals surface area contributed by atoms with Crippen LogP contribution < -0.4 is 103 Å². The average molecular weight is 1930 g/mol. The van der Waals surface area contributed by atoms with Gasteiger partial charge in [0.05, 0.1) is 45.3 Å². The van der Waals surface area contributed by atoms with E-state index in [9.17, 15) is 147 Å². The zero-order valence-corrected chi connectivity index (χ0v) is 75.0. The number of hydrogen-bond donors (Lipinski definition) is 30. The van der Waals surface area contributed by atoms with Crippen LogP contribution in [0.3, 0.4) is 0 Å². The number of carboxylic acid groups (broad SMARTS) is 1. The third-order valence-electron chi connectivity index (χ3n) is 21.5. The summed E-state index contributed by atoms with van der Waals surface area (Å²) >= 11 is 0. The molecule has 18 amide bonds. The highest BCUT2D eigenvalue weighted by atomic mass is 16.7. The number of nitrogens with two attached hydrogens (primary N) is 5. The molecule has 31 unspecified atom stereocenters. The number of aliphatic carboxylic acids is 1. The number of carboxylic acids is 1. The summed E-state index contributed by atoms with van der Waals surface area (Å²) in [5, 5.41) is 149. The summed E-state index contributed by atoms with van der Waals surface area (Å²) < 4.78 is 46.6. The molecule has 0 aliphatic carbocycles. The highest BCUT2D eigenvalue weighted by Crippen LogP contribution is 2.34. The zero-order valence-electron chi connectivity index (χ0n) is 75.0. The first-order valence-electron chi connectivity index (χ1n) is 42.7. The number of nitrogens with one attached hydrogen (secondary N) is 14. The summed E-state index contributed by atoms with van der Waals surface area (Å²) in [6.45, 7) is 6.08. The quantitative estimate of drug-likeness (QED) is 0.0251. The van der Waals surface area contributed by atoms with Crippen LogP contribution in [0, 0.1) is 0 Å². The minimum Gasteiger partial charge on any atom is -0.480 e. The summed E-state index contributed by atoms with van der Waals surface area (Å²) in [5.74, 6) is -19.0. The van der Waals surface area contributed by atoms with Crippen molar-refractivity contribution in [1.29, 1.82) is 0 Å². The van der Waals surface area contributed by atoms with Gasteiger partial charge in [0.15, 0.2) is 25.2 Å². The summed E-state index contributed by atoms with van der Waals surface area (Å²) in [4.78, 5) is 246. The van der Waals surface area contributed by atoms with Crippen LogP contribution in [0.4, 0.5) is 0 Å². The van der Waals surface area contributed by atoms with Gasteiger partial charge in [0, 0.05) is 53.6 Å². The molecule has 4 saturated heterocycles. The smallest absolute Gasteiger partial charge is 0.326 e. The largest absolute Gasteiger partial charge is 0.480 e. The maximum Gasteiger partial charge on any atom is 0.326 e. The molecule has 0 aromatic heterocycles. The molecule has 0 saturated carbocycles. The lowest BCUT2D eigenvalue weighted by molar-refractivity contribution is -0.333. The second kappa shape index (κ2) is 55.9. The van der Waals surface area contributed by atoms with E-state index in [1.54, 1.807) is 0 Å². The van der Waals surface area contributed by atoms with E-state index in [1.807, 2.05) is 0 Å². The lowest BCUT2D eigenvalue weighted by Gasteiger charge is -2.48. The van der Waals surface area contributed by atoms with E-state index in [1.165, 1.54) is 0 Å². The summed E-state index contributed by atoms with van der Waals surface area (Å²) in [6.07, 6.45) is -34.9. The number of hydrogen-bond acceptors (Lipinski definition) is 38. The number of carbonyl (C=O) groups is 19. The van der Waals surface area contributed by atoms with Gasteiger partial charge in [-0.3, -0.25) is 86.3 Å². The fraction of sp³-hybridized carbons (Fsp3) is 0.753. The number of aliphatic hydroxyl groups excluding tert-OH is 10. The van der Waals surface area contributed by atoms with E-state index >= 15 is 0 Å². The van der Waals surface area contributed by atoms with Gasteiger partial charge in [-0.25, -0.2) is 4.79 Å². The normalized spacial score (nSPS) is 27.4. The number of carbonyl (C=O) groups excluding carboxylic acids is 18. The van der Waals surface area contributed by atoms with Crippen LogP contribution in [0.1, 0.15) is 139 Å². The molecule has 57 nitrogen and oxygen atoms in total. The fourth-order valence-electron chi connectivity index (χ4n) is 14.1. The van der Waals surface area contributed by atoms with E-state index < -0.39 is 366 Å². The van der Waals surface area contributed by atoms with E-state index in [2.05, 4.69) is 74.4 Å². The van der Waals surface area contributed by atoms with Gasteiger partial charge in [0.25, 0.3) is 0 Å². The molecule has 0 aromatic rings. The second-order valence-electron chi connectivity index (χ2n) is 32.3. The summed E-state index contributed by atoms with van der Waals surface area (Å²) in [5.41, 5.74) is 27.4. The van der Waals surface area contributed by atoms with Crippen LogP contribution in [0.5, 0.6) is 0 Å². The van der Waals surface area contributed by atoms with E-state index in [0.29, 0.717) is 0 Å². The monoisotopic (exact) mass is 1930 g/mol. The van der Waals surface area contributed by atoms with Crippen molar-refractivity contribution in [2.24, 2.45) is 28.7 Å². The third kappa shape index (κ3) is 36.4. The molecule has 0 aromatic carbocycles. The van der Waals surface area contributed by atoms with Crippen molar-refractivity contribution in [3.63, 3.8) is 0 Å². The van der Waals surface area contributed by atoms with Gasteiger partial charge < -0.3 is 197 Å². The SMILES string of the molecule is CC(=O)NC1C(OC2C(CO)OC(O)C(NC(C)=O)C2OC(C)C(=O)NC(C)C(=O)NC(CCC(=O)NC(CCCCNC(=O)CC(NC(=O)C(C)NC(=O)C(CCCCNC(=O)CC(N)C(N)=O)NC(=O)CCC(NC(=O)C(C)NC(=O)C(C)OC2C(NC(C)=O)C(O)OC(CO)C2OC2OC(CO)C(O)C(O)C2NC(C)=O)C(N)=O)C(N)=O)C(=O)O)C(N)=O)OC(CO)C(O)C1O. The molecule has 0 spiro atoms. The lowest BCUT2D eigenvalue weighted by Crippen LogP contribution is -2.70. The topological polar surface area (TPSA) is 919 Å². The Hall–Kier alpha value is -10.8. The van der Waals surface area contributed by atoms with Crippen LogP contribution in [0.2, 0.25) is 0 Å². The van der Waals surface area contributed by atoms with Crippen molar-refractivity contribution >= 4 is 112 Å². The first-order valence-corrected chi connectivity index (χ1v) is 42.7. The van der Waals surface area contributed by atoms with Crippen LogP contribution in [-0.2, 0) is 129 Å². The zero-order chi connectivity index (χ0) is 101. The first kappa shape index (κ1) is 115. The Kier molecular flexibility index (Phi) is 48.2. The summed E-state index contributed by atoms with van der Waals surface area (Å²) in [7, 11) is 0. The number of unbranched alkanes of at least 4 members (excludes halogenated alkanes) is 2. The number of amides is 18. The maximum absolute atomic E-state index is 14.0. The standard InChI is InChI=1S/C77H129N19O38/c1-28(85-70(120)31(4)127-61-53(90-35(8)103)74(125)129-45(26-99)59(61)133-76-51(88-33(6)101)57(111)55(109)43(24-97)131-76)67(117)94-38(64(80)114)16-18-47(105)92-40(14-10-12-20-83-49(107)22-37(78)63(79)113)72(122)87-30(3)69(119)96-42(66(82)116)23-50(108)84-21-13-11-15-41(73(123)124)93-48(106)19-17-39(65(81)115)95-68(118)29(2)86-71(121)32(5)128-62-54(91-36(9)104)75(126)130-46(27-100)60(62)134-77-52(89-34(7)102)58(112)56(110)44(25-98)132-77/h28-32,37-46,51-62,74-77,97-100,109-112,125-126H,10-27,78H2,1-9H3,(H2,79,113)(H2,80,114)(H2,81,115)(H2,82,116)(H,83,107)(H,84,108)(H,85,120)(H,86,121)(H,87,122)(H,88,101)(H,89,102)(H,90,103)(H,91,104)(H,92,105)(H,93,106)(H,94,117)(H,95,118)(H,96,119)(H,123,124). The number of aliphatic hydroxyl groups is 10. The number of rotatable bonds is 55. The van der Waals surface area contributed by atoms with Crippen molar-refractivity contribution in [2.75, 3.05) is 39.5 Å². The van der Waals surface area contributed by atoms with Crippen molar-refractivity contribution in [3.05, 3.63) is 0 Å². The van der Waals surface area contributed by atoms with Gasteiger partial charge in [0.2, 0.25) is 106 Å². The van der Waals surface area contributed by atoms with E-state index in [-0.39, 0.29) is 51.6 Å². The Morgan fingerprint density at radius 3 is 1.01 bits per heavy atom. The Balaban J connectivity index is 1.33. The molecule has 35 N–H and O–H groups in total. The fourth-order valence-corrected chi connectivity index (χ4v) is 14.1. The number of ether oxygens (including phenoxy) is 8. The van der Waals surface area contributed by atoms with Gasteiger partial charge in [0.1, 0.15) is 158 Å². The van der Waals surface area contributed by atoms with Gasteiger partial charge in [-0.15, -0.1) is 0 Å². The van der Waals surface area contributed by atoms with E-state index in [0.717, 1.165) is 62.3 Å². The number of primary amides is 4. The Labute approximate surface area is 766 Å². The minimum absolute atomic E-state index is 0.00865. The predicted octanol–water partition coefficient (Wildman–Crippen LogP) is -17.2. The Morgan fingerprint density at radius 2 is 0.672 bits per heavy atom. The van der Waals surface area contributed by atoms with Crippen LogP contribution in [0.15, 0.2) is 0 Å². The maximum atomic E-state index is 14.0. The Morgan fingerprint density at radius 1 is 0.343 bits per heavy atom. The molecule has 57 heteroatoms. The van der Waals surface area contributed by atoms with Crippen LogP contribution >= 0.6 is 0 Å². The molecule has 4 heterocycles. The minimum atomic E-state index is -1.97. The van der Waals surface area contributed by atoms with Crippen molar-refractivity contribution in [1.82, 2.24) is 74.4 Å². The molecule has 134 heavy (non-hydrogen) atoms. The second-order valence-corrected chi connectivity index (χ2v) is 32.3. The lowest BCUT2D eigenvalue weighted by atomic mass is 9.94. The molecule has 31 atom stereocenters. The molecular formula is C77H129N19O38. The van der Waals surface area contributed by atoms with Crippen LogP contribution in [-0.4, -0.2) is 397 Å². The van der Waals surface area contributed by atoms with Crippen molar-refractivity contribution in [2.45, 2.75) is 329 Å². The average Bonchev–Trinajstić information content (AvgIpc) is 0.775. The molecule has 0 bridgehead atoms. The van der Waals surface area contributed by atoms with E-state index in [4.69, 9.17) is 66.6 Å². The Bertz CT molecular complexity index is 4030. The molecule has 4 aliphatic rings. The summed E-state index contributed by atoms with van der Waals surface area (Å²) in [6, 6.07) is -20.4. The van der Waals surface area contributed by atoms with Crippen LogP contribution in [0.25, 0.3) is 0 Å². The van der Waals surface area contributed by atoms with Gasteiger partial charge in [-0.05, 0) is 86.0 Å². The first-order chi connectivity index (χ1) is 62.8. The molecule has 4 aliphatic heterocycles. The molecular weight excluding hydrogens is 1800 g/mol. The highest BCUT2D eigenvalue weighted by Gasteiger charge is 2.56. The van der Waals surface area contributed by atoms with Gasteiger partial charge in [-0.1, -0.05) is 0 Å². The van der Waals surface area contributed by atoms with Crippen molar-refractivity contribution < 1.29 is 185 Å². The van der Waals surface area contributed by atoms with Gasteiger partial charge in [-0.2, -0.15) is 0 Å².